The van der Waals surface area contributed by atoms with Crippen LogP contribution in [0.25, 0.3) is 0 Å². The summed E-state index contributed by atoms with van der Waals surface area (Å²) in [5.41, 5.74) is 2.57. The zero-order chi connectivity index (χ0) is 18.5. The van der Waals surface area contributed by atoms with Crippen molar-refractivity contribution in [2.45, 2.75) is 0 Å². The third-order valence-electron chi connectivity index (χ3n) is 3.28. The summed E-state index contributed by atoms with van der Waals surface area (Å²) in [7, 11) is 0. The molecule has 0 spiro atoms. The summed E-state index contributed by atoms with van der Waals surface area (Å²) in [4.78, 5) is 13.1. The number of rotatable bonds is 4. The minimum absolute atomic E-state index is 0. The van der Waals surface area contributed by atoms with Gasteiger partial charge in [-0.05, 0) is 48.5 Å². The fraction of sp³-hybridized carbons (Fsp3) is 0. The van der Waals surface area contributed by atoms with Crippen molar-refractivity contribution in [3.63, 3.8) is 0 Å². The summed E-state index contributed by atoms with van der Waals surface area (Å²) < 4.78 is 0. The molecular weight excluding hydrogens is 468 g/mol. The van der Waals surface area contributed by atoms with Crippen LogP contribution in [0.5, 0.6) is 0 Å². The monoisotopic (exact) mass is 477 g/mol. The largest absolute Gasteiger partial charge is 0.253 e. The van der Waals surface area contributed by atoms with Gasteiger partial charge >= 0.3 is 0 Å². The second-order valence-electron chi connectivity index (χ2n) is 5.20. The van der Waals surface area contributed by atoms with Crippen molar-refractivity contribution in [2.24, 2.45) is 9.98 Å². The maximum absolute atomic E-state index is 6.11. The first-order valence-corrected chi connectivity index (χ1v) is 8.98. The van der Waals surface area contributed by atoms with Crippen molar-refractivity contribution in [3.05, 3.63) is 86.1 Å². The Labute approximate surface area is 187 Å². The van der Waals surface area contributed by atoms with Crippen LogP contribution < -0.4 is 0 Å². The zero-order valence-electron chi connectivity index (χ0n) is 13.6. The quantitative estimate of drug-likeness (QED) is 0.288. The Bertz CT molecular complexity index is 929. The molecule has 0 aliphatic rings. The summed E-state index contributed by atoms with van der Waals surface area (Å²) in [5.74, 6) is 0. The number of aromatic nitrogens is 1. The molecule has 0 amide bonds. The fourth-order valence-corrected chi connectivity index (χ4v) is 2.97. The van der Waals surface area contributed by atoms with Crippen molar-refractivity contribution in [3.8, 4) is 0 Å². The molecule has 0 radical (unpaired) electrons. The molecule has 0 unspecified atom stereocenters. The molecule has 0 N–H and O–H groups in total. The van der Waals surface area contributed by atoms with E-state index < -0.39 is 0 Å². The normalized spacial score (nSPS) is 11.1. The van der Waals surface area contributed by atoms with Gasteiger partial charge in [0.05, 0.1) is 45.2 Å². The molecule has 0 atom stereocenters. The fourth-order valence-electron chi connectivity index (χ4n) is 2.06. The predicted molar refractivity (Wildman–Crippen MR) is 112 cm³/mol. The molecule has 0 saturated carbocycles. The predicted octanol–water partition coefficient (Wildman–Crippen LogP) is 7.19. The number of hydrogen-bond acceptors (Lipinski definition) is 3. The third kappa shape index (κ3) is 6.32. The Morgan fingerprint density at radius 1 is 0.667 bits per heavy atom. The number of halogens is 4. The van der Waals surface area contributed by atoms with E-state index in [1.807, 2.05) is 18.2 Å². The van der Waals surface area contributed by atoms with Gasteiger partial charge in [0.1, 0.15) is 0 Å². The van der Waals surface area contributed by atoms with E-state index in [0.717, 1.165) is 0 Å². The average molecular weight is 479 g/mol. The smallest absolute Gasteiger partial charge is 0.0820 e. The second-order valence-corrected chi connectivity index (χ2v) is 6.88. The summed E-state index contributed by atoms with van der Waals surface area (Å²) in [6.07, 6.45) is 3.25. The Morgan fingerprint density at radius 2 is 1.11 bits per heavy atom. The number of nitrogens with zero attached hydrogens (tertiary/aromatic N) is 3. The van der Waals surface area contributed by atoms with Crippen LogP contribution in [0.1, 0.15) is 11.4 Å². The van der Waals surface area contributed by atoms with Crippen LogP contribution in [-0.2, 0) is 17.1 Å². The van der Waals surface area contributed by atoms with E-state index in [-0.39, 0.29) is 17.1 Å². The number of hydrogen-bond donors (Lipinski definition) is 0. The van der Waals surface area contributed by atoms with Gasteiger partial charge in [-0.3, -0.25) is 9.98 Å². The Morgan fingerprint density at radius 3 is 1.52 bits per heavy atom. The Hall–Kier alpha value is -1.39. The maximum atomic E-state index is 6.11. The van der Waals surface area contributed by atoms with E-state index in [4.69, 9.17) is 46.4 Å². The van der Waals surface area contributed by atoms with E-state index in [9.17, 15) is 0 Å². The van der Waals surface area contributed by atoms with E-state index >= 15 is 0 Å². The SMILES string of the molecule is Clc1ccc(N=Cc2cccc(C=Nc3ccc(Cl)cc3Cl)n2)c(Cl)c1.[Fe]. The Balaban J connectivity index is 0.00000261. The molecule has 3 rings (SSSR count). The number of pyridine rings is 1. The van der Waals surface area contributed by atoms with Crippen LogP contribution in [0, 0.1) is 0 Å². The van der Waals surface area contributed by atoms with E-state index in [2.05, 4.69) is 15.0 Å². The summed E-state index contributed by atoms with van der Waals surface area (Å²) in [6, 6.07) is 15.8. The molecule has 0 bridgehead atoms. The minimum Gasteiger partial charge on any atom is -0.253 e. The zero-order valence-corrected chi connectivity index (χ0v) is 17.7. The first-order chi connectivity index (χ1) is 12.5. The van der Waals surface area contributed by atoms with Gasteiger partial charge in [0.25, 0.3) is 0 Å². The van der Waals surface area contributed by atoms with Crippen LogP contribution in [0.15, 0.2) is 64.6 Å². The summed E-state index contributed by atoms with van der Waals surface area (Å²) >= 11 is 24.0. The van der Waals surface area contributed by atoms with Crippen LogP contribution in [0.3, 0.4) is 0 Å². The molecule has 1 heterocycles. The van der Waals surface area contributed by atoms with Crippen molar-refractivity contribution >= 4 is 70.2 Å². The van der Waals surface area contributed by atoms with E-state index in [0.29, 0.717) is 42.9 Å². The van der Waals surface area contributed by atoms with Crippen LogP contribution in [0.4, 0.5) is 11.4 Å². The van der Waals surface area contributed by atoms with Crippen molar-refractivity contribution < 1.29 is 17.1 Å². The summed E-state index contributed by atoms with van der Waals surface area (Å²) in [5, 5.41) is 2.07. The van der Waals surface area contributed by atoms with Gasteiger partial charge < -0.3 is 0 Å². The van der Waals surface area contributed by atoms with Gasteiger partial charge in [-0.1, -0.05) is 52.5 Å². The van der Waals surface area contributed by atoms with Crippen molar-refractivity contribution in [1.82, 2.24) is 4.98 Å². The van der Waals surface area contributed by atoms with E-state index in [1.54, 1.807) is 48.8 Å². The maximum Gasteiger partial charge on any atom is 0.0820 e. The molecule has 3 aromatic rings. The van der Waals surface area contributed by atoms with Crippen LogP contribution in [-0.4, -0.2) is 17.4 Å². The molecule has 138 valence electrons. The number of aliphatic imine (C=N–C) groups is 2. The van der Waals surface area contributed by atoms with Gasteiger partial charge in [0.15, 0.2) is 0 Å². The minimum atomic E-state index is 0. The third-order valence-corrected chi connectivity index (χ3v) is 4.36. The first-order valence-electron chi connectivity index (χ1n) is 7.46. The second kappa shape index (κ2) is 10.2. The molecule has 0 aliphatic carbocycles. The van der Waals surface area contributed by atoms with Gasteiger partial charge in [0.2, 0.25) is 0 Å². The molecule has 3 nitrogen and oxygen atoms in total. The molecule has 0 saturated heterocycles. The molecule has 2 aromatic carbocycles. The van der Waals surface area contributed by atoms with Gasteiger partial charge in [0, 0.05) is 27.1 Å². The van der Waals surface area contributed by atoms with Gasteiger partial charge in [-0.2, -0.15) is 0 Å². The molecule has 0 aliphatic heterocycles. The van der Waals surface area contributed by atoms with Crippen LogP contribution in [0.2, 0.25) is 20.1 Å². The topological polar surface area (TPSA) is 37.6 Å². The van der Waals surface area contributed by atoms with Gasteiger partial charge in [-0.15, -0.1) is 0 Å². The molecule has 1 aromatic heterocycles. The average Bonchev–Trinajstić information content (AvgIpc) is 2.61. The number of benzene rings is 2. The molecule has 0 fully saturated rings. The van der Waals surface area contributed by atoms with Crippen LogP contribution >= 0.6 is 46.4 Å². The molecule has 27 heavy (non-hydrogen) atoms. The standard InChI is InChI=1S/C19H11Cl4N3.Fe/c20-12-4-6-18(16(22)8-12)24-10-14-2-1-3-15(26-14)11-25-19-7-5-13(21)9-17(19)23;/h1-11H;. The first kappa shape index (κ1) is 21.9. The van der Waals surface area contributed by atoms with Crippen molar-refractivity contribution in [2.75, 3.05) is 0 Å². The molecular formula is C19H11Cl4FeN3. The summed E-state index contributed by atoms with van der Waals surface area (Å²) in [6.45, 7) is 0. The van der Waals surface area contributed by atoms with Gasteiger partial charge in [-0.25, -0.2) is 4.98 Å². The van der Waals surface area contributed by atoms with Crippen molar-refractivity contribution in [1.29, 1.82) is 0 Å². The molecule has 8 heteroatoms. The Kier molecular flexibility index (Phi) is 8.30. The van der Waals surface area contributed by atoms with E-state index in [1.165, 1.54) is 0 Å².